The van der Waals surface area contributed by atoms with Crippen molar-refractivity contribution in [3.63, 3.8) is 0 Å². The number of aromatic nitrogens is 1. The maximum absolute atomic E-state index is 8.90. The van der Waals surface area contributed by atoms with E-state index >= 15 is 0 Å². The molecule has 0 amide bonds. The van der Waals surface area contributed by atoms with Crippen molar-refractivity contribution in [3.8, 4) is 6.07 Å². The van der Waals surface area contributed by atoms with Crippen LogP contribution in [0.1, 0.15) is 54.1 Å². The molecule has 1 saturated carbocycles. The van der Waals surface area contributed by atoms with Crippen LogP contribution in [0.4, 0.5) is 0 Å². The summed E-state index contributed by atoms with van der Waals surface area (Å²) in [5.74, 6) is 1.04. The molecule has 3 heteroatoms. The molecule has 68 valence electrons. The molecule has 0 spiro atoms. The molecule has 1 aromatic rings. The van der Waals surface area contributed by atoms with Crippen molar-refractivity contribution in [3.05, 3.63) is 15.6 Å². The van der Waals surface area contributed by atoms with Crippen LogP contribution in [0, 0.1) is 11.3 Å². The quantitative estimate of drug-likeness (QED) is 0.722. The maximum atomic E-state index is 8.90. The van der Waals surface area contributed by atoms with Crippen LogP contribution in [0.2, 0.25) is 0 Å². The molecule has 1 aliphatic rings. The van der Waals surface area contributed by atoms with Crippen LogP contribution in [0.25, 0.3) is 0 Å². The van der Waals surface area contributed by atoms with E-state index in [2.05, 4.69) is 24.9 Å². The van der Waals surface area contributed by atoms with Crippen LogP contribution in [-0.2, 0) is 0 Å². The van der Waals surface area contributed by atoms with Gasteiger partial charge in [0.15, 0.2) is 0 Å². The van der Waals surface area contributed by atoms with Gasteiger partial charge in [-0.1, -0.05) is 13.8 Å². The molecule has 0 bridgehead atoms. The highest BCUT2D eigenvalue weighted by molar-refractivity contribution is 7.12. The molecule has 1 aliphatic carbocycles. The molecule has 0 aliphatic heterocycles. The van der Waals surface area contributed by atoms with Crippen LogP contribution < -0.4 is 0 Å². The van der Waals surface area contributed by atoms with Gasteiger partial charge in [-0.25, -0.2) is 4.98 Å². The number of thiazole rings is 1. The van der Waals surface area contributed by atoms with E-state index in [1.165, 1.54) is 17.8 Å². The van der Waals surface area contributed by atoms with Crippen molar-refractivity contribution in [2.45, 2.75) is 38.5 Å². The molecule has 0 N–H and O–H groups in total. The lowest BCUT2D eigenvalue weighted by Crippen LogP contribution is -1.90. The molecule has 13 heavy (non-hydrogen) atoms. The van der Waals surface area contributed by atoms with Crippen molar-refractivity contribution in [2.24, 2.45) is 0 Å². The SMILES string of the molecule is CC(C)c1nc(C2CC2)sc1C#N. The van der Waals surface area contributed by atoms with Gasteiger partial charge in [0, 0.05) is 5.92 Å². The van der Waals surface area contributed by atoms with Crippen molar-refractivity contribution in [1.82, 2.24) is 4.98 Å². The van der Waals surface area contributed by atoms with Gasteiger partial charge >= 0.3 is 0 Å². The fourth-order valence-corrected chi connectivity index (χ4v) is 2.51. The fourth-order valence-electron chi connectivity index (χ4n) is 1.33. The van der Waals surface area contributed by atoms with Gasteiger partial charge in [0.05, 0.1) is 10.7 Å². The molecule has 0 radical (unpaired) electrons. The van der Waals surface area contributed by atoms with Crippen LogP contribution in [0.15, 0.2) is 0 Å². The first-order chi connectivity index (χ1) is 6.22. The Morgan fingerprint density at radius 3 is 2.62 bits per heavy atom. The molecule has 0 saturated heterocycles. The average molecular weight is 192 g/mol. The summed E-state index contributed by atoms with van der Waals surface area (Å²) in [4.78, 5) is 5.36. The highest BCUT2D eigenvalue weighted by Gasteiger charge is 2.28. The maximum Gasteiger partial charge on any atom is 0.128 e. The third-order valence-corrected chi connectivity index (χ3v) is 3.38. The molecule has 1 heterocycles. The normalized spacial score (nSPS) is 16.2. The molecule has 1 aromatic heterocycles. The molecule has 2 nitrogen and oxygen atoms in total. The minimum Gasteiger partial charge on any atom is -0.244 e. The number of nitriles is 1. The fraction of sp³-hybridized carbons (Fsp3) is 0.600. The number of hydrogen-bond acceptors (Lipinski definition) is 3. The van der Waals surface area contributed by atoms with Gasteiger partial charge in [0.2, 0.25) is 0 Å². The van der Waals surface area contributed by atoms with E-state index in [9.17, 15) is 0 Å². The van der Waals surface area contributed by atoms with Gasteiger partial charge in [-0.15, -0.1) is 11.3 Å². The van der Waals surface area contributed by atoms with E-state index < -0.39 is 0 Å². The Morgan fingerprint density at radius 1 is 1.54 bits per heavy atom. The summed E-state index contributed by atoms with van der Waals surface area (Å²) in [7, 11) is 0. The second-order valence-corrected chi connectivity index (χ2v) is 4.84. The zero-order valence-electron chi connectivity index (χ0n) is 7.87. The van der Waals surface area contributed by atoms with E-state index in [0.717, 1.165) is 10.6 Å². The molecular weight excluding hydrogens is 180 g/mol. The second kappa shape index (κ2) is 3.12. The van der Waals surface area contributed by atoms with Crippen LogP contribution in [-0.4, -0.2) is 4.98 Å². The van der Waals surface area contributed by atoms with Crippen molar-refractivity contribution in [2.75, 3.05) is 0 Å². The Hall–Kier alpha value is -0.880. The first-order valence-corrected chi connectivity index (χ1v) is 5.44. The summed E-state index contributed by atoms with van der Waals surface area (Å²) in [6.07, 6.45) is 2.52. The summed E-state index contributed by atoms with van der Waals surface area (Å²) >= 11 is 1.59. The van der Waals surface area contributed by atoms with Gasteiger partial charge in [-0.2, -0.15) is 5.26 Å². The van der Waals surface area contributed by atoms with E-state index in [4.69, 9.17) is 5.26 Å². The Labute approximate surface area is 82.2 Å². The molecule has 1 fully saturated rings. The van der Waals surface area contributed by atoms with E-state index in [0.29, 0.717) is 11.8 Å². The van der Waals surface area contributed by atoms with Gasteiger partial charge < -0.3 is 0 Å². The molecule has 0 aromatic carbocycles. The summed E-state index contributed by atoms with van der Waals surface area (Å²) < 4.78 is 0. The molecule has 2 rings (SSSR count). The van der Waals surface area contributed by atoms with Crippen LogP contribution >= 0.6 is 11.3 Å². The lowest BCUT2D eigenvalue weighted by molar-refractivity contribution is 0.819. The zero-order chi connectivity index (χ0) is 9.42. The number of hydrogen-bond donors (Lipinski definition) is 0. The van der Waals surface area contributed by atoms with Crippen molar-refractivity contribution in [1.29, 1.82) is 5.26 Å². The van der Waals surface area contributed by atoms with Crippen molar-refractivity contribution < 1.29 is 0 Å². The first kappa shape index (κ1) is 8.71. The largest absolute Gasteiger partial charge is 0.244 e. The molecular formula is C10H12N2S. The van der Waals surface area contributed by atoms with Crippen LogP contribution in [0.3, 0.4) is 0 Å². The first-order valence-electron chi connectivity index (χ1n) is 4.63. The molecule has 0 unspecified atom stereocenters. The average Bonchev–Trinajstić information content (AvgIpc) is 2.84. The van der Waals surface area contributed by atoms with E-state index in [1.54, 1.807) is 11.3 Å². The predicted octanol–water partition coefficient (Wildman–Crippen LogP) is 3.02. The number of nitrogens with zero attached hydrogens (tertiary/aromatic N) is 2. The minimum atomic E-state index is 0.374. The van der Waals surface area contributed by atoms with Crippen molar-refractivity contribution >= 4 is 11.3 Å². The monoisotopic (exact) mass is 192 g/mol. The minimum absolute atomic E-state index is 0.374. The lowest BCUT2D eigenvalue weighted by Gasteiger charge is -1.98. The van der Waals surface area contributed by atoms with Gasteiger partial charge in [-0.05, 0) is 18.8 Å². The standard InChI is InChI=1S/C10H12N2S/c1-6(2)9-8(5-11)13-10(12-9)7-3-4-7/h6-7H,3-4H2,1-2H3. The summed E-state index contributed by atoms with van der Waals surface area (Å²) in [6.45, 7) is 4.18. The molecule has 0 atom stereocenters. The van der Waals surface area contributed by atoms with E-state index in [-0.39, 0.29) is 0 Å². The number of rotatable bonds is 2. The van der Waals surface area contributed by atoms with Gasteiger partial charge in [-0.3, -0.25) is 0 Å². The Bertz CT molecular complexity index is 355. The smallest absolute Gasteiger partial charge is 0.128 e. The summed E-state index contributed by atoms with van der Waals surface area (Å²) in [5, 5.41) is 10.1. The Kier molecular flexibility index (Phi) is 2.09. The zero-order valence-corrected chi connectivity index (χ0v) is 8.69. The summed E-state index contributed by atoms with van der Waals surface area (Å²) in [6, 6.07) is 2.24. The third-order valence-electron chi connectivity index (χ3n) is 2.24. The Balaban J connectivity index is 2.37. The Morgan fingerprint density at radius 2 is 2.23 bits per heavy atom. The predicted molar refractivity (Wildman–Crippen MR) is 52.9 cm³/mol. The second-order valence-electron chi connectivity index (χ2n) is 3.81. The highest BCUT2D eigenvalue weighted by atomic mass is 32.1. The van der Waals surface area contributed by atoms with Crippen LogP contribution in [0.5, 0.6) is 0 Å². The third kappa shape index (κ3) is 1.59. The topological polar surface area (TPSA) is 36.7 Å². The van der Waals surface area contributed by atoms with Gasteiger partial charge in [0.1, 0.15) is 10.9 Å². The van der Waals surface area contributed by atoms with Gasteiger partial charge in [0.25, 0.3) is 0 Å². The highest BCUT2D eigenvalue weighted by Crippen LogP contribution is 2.43. The van der Waals surface area contributed by atoms with E-state index in [1.807, 2.05) is 0 Å². The lowest BCUT2D eigenvalue weighted by atomic mass is 10.1. The summed E-state index contributed by atoms with van der Waals surface area (Å²) in [5.41, 5.74) is 0.995.